The fraction of sp³-hybridized carbons (Fsp3) is 0.575. The number of nitriles is 1. The van der Waals surface area contributed by atoms with Crippen molar-refractivity contribution < 1.29 is 9.84 Å². The van der Waals surface area contributed by atoms with Crippen LogP contribution in [0.2, 0.25) is 0 Å². The van der Waals surface area contributed by atoms with E-state index in [1.54, 1.807) is 12.1 Å². The molecular weight excluding hydrogens is 600 g/mol. The maximum atomic E-state index is 13.2. The average molecular weight is 655 g/mol. The Bertz CT molecular complexity index is 1510. The van der Waals surface area contributed by atoms with Gasteiger partial charge in [0.1, 0.15) is 11.4 Å². The van der Waals surface area contributed by atoms with Gasteiger partial charge in [-0.25, -0.2) is 0 Å². The summed E-state index contributed by atoms with van der Waals surface area (Å²) in [4.78, 5) is 28.4. The van der Waals surface area contributed by atoms with Crippen LogP contribution in [0.1, 0.15) is 107 Å². The number of rotatable bonds is 18. The summed E-state index contributed by atoms with van der Waals surface area (Å²) >= 11 is 0. The molecule has 258 valence electrons. The van der Waals surface area contributed by atoms with Crippen LogP contribution in [0.15, 0.2) is 64.2 Å². The number of unbranched alkanes of at least 4 members (excludes halogenated alkanes) is 3. The number of piperidine rings is 1. The molecule has 0 spiro atoms. The van der Waals surface area contributed by atoms with Crippen molar-refractivity contribution >= 4 is 11.4 Å². The van der Waals surface area contributed by atoms with Crippen molar-refractivity contribution in [1.82, 2.24) is 5.32 Å². The molecule has 3 aromatic rings. The van der Waals surface area contributed by atoms with Crippen molar-refractivity contribution in [3.8, 4) is 6.07 Å². The minimum absolute atomic E-state index is 0.0680. The molecule has 0 unspecified atom stereocenters. The molecule has 8 heteroatoms. The summed E-state index contributed by atoms with van der Waals surface area (Å²) in [5.74, 6) is 0.666. The first-order valence-corrected chi connectivity index (χ1v) is 18.4. The fourth-order valence-electron chi connectivity index (χ4n) is 7.65. The number of hydrogen-bond donors (Lipinski definition) is 3. The van der Waals surface area contributed by atoms with E-state index >= 15 is 0 Å². The summed E-state index contributed by atoms with van der Waals surface area (Å²) < 4.78 is 6.57. The summed E-state index contributed by atoms with van der Waals surface area (Å²) in [7, 11) is 0. The van der Waals surface area contributed by atoms with Crippen LogP contribution in [0.25, 0.3) is 0 Å². The standard InChI is InChI=1S/C40H54N4O4/c1-2-3-4-11-23-48-40(32-15-9-6-10-16-32)33-17-12-22-44(28-33)37-36(38(46)39(37)47)43-34(24-29-13-7-5-8-14-29)35(45)27-42-26-31-20-18-30(25-41)19-21-31/h6,9-10,15-16,18-21,29,33-35,40,42-43,45H,2-5,7-8,11-14,17,22-24,26-28H2,1H3/t33-,34+,35-,40+/m1/s1. The number of anilines is 2. The molecule has 1 heterocycles. The molecule has 3 aromatic carbocycles. The summed E-state index contributed by atoms with van der Waals surface area (Å²) in [5, 5.41) is 27.3. The lowest BCUT2D eigenvalue weighted by molar-refractivity contribution is 0.00400. The second-order valence-corrected chi connectivity index (χ2v) is 14.0. The molecule has 2 aliphatic rings. The number of ether oxygens (including phenoxy) is 1. The molecule has 0 amide bonds. The predicted molar refractivity (Wildman–Crippen MR) is 193 cm³/mol. The molecule has 5 rings (SSSR count). The Hall–Kier alpha value is -3.51. The fourth-order valence-corrected chi connectivity index (χ4v) is 7.65. The lowest BCUT2D eigenvalue weighted by Gasteiger charge is -2.40. The second kappa shape index (κ2) is 18.3. The minimum Gasteiger partial charge on any atom is -0.390 e. The molecule has 0 bridgehead atoms. The molecule has 48 heavy (non-hydrogen) atoms. The first kappa shape index (κ1) is 35.8. The highest BCUT2D eigenvalue weighted by atomic mass is 16.5. The zero-order valence-electron chi connectivity index (χ0n) is 28.7. The Morgan fingerprint density at radius 3 is 2.46 bits per heavy atom. The lowest BCUT2D eigenvalue weighted by Crippen LogP contribution is -2.50. The largest absolute Gasteiger partial charge is 0.390 e. The molecule has 0 radical (unpaired) electrons. The molecule has 4 atom stereocenters. The number of benzene rings is 2. The van der Waals surface area contributed by atoms with Gasteiger partial charge >= 0.3 is 0 Å². The second-order valence-electron chi connectivity index (χ2n) is 14.0. The van der Waals surface area contributed by atoms with Crippen molar-refractivity contribution in [3.63, 3.8) is 0 Å². The number of nitrogens with one attached hydrogen (secondary N) is 2. The van der Waals surface area contributed by atoms with Crippen molar-refractivity contribution in [1.29, 1.82) is 5.26 Å². The molecule has 1 aliphatic heterocycles. The average Bonchev–Trinajstić information content (AvgIpc) is 3.13. The van der Waals surface area contributed by atoms with E-state index in [-0.39, 0.29) is 18.1 Å². The van der Waals surface area contributed by atoms with Gasteiger partial charge in [0.2, 0.25) is 0 Å². The first-order chi connectivity index (χ1) is 23.5. The van der Waals surface area contributed by atoms with Gasteiger partial charge in [0.05, 0.1) is 29.9 Å². The van der Waals surface area contributed by atoms with Crippen LogP contribution in [-0.2, 0) is 11.3 Å². The van der Waals surface area contributed by atoms with E-state index < -0.39 is 17.0 Å². The predicted octanol–water partition coefficient (Wildman–Crippen LogP) is 6.61. The van der Waals surface area contributed by atoms with Gasteiger partial charge in [-0.1, -0.05) is 101 Å². The number of aliphatic hydroxyl groups is 1. The zero-order valence-corrected chi connectivity index (χ0v) is 28.7. The van der Waals surface area contributed by atoms with E-state index in [1.165, 1.54) is 32.1 Å². The topological polar surface area (TPSA) is 115 Å². The molecule has 2 fully saturated rings. The van der Waals surface area contributed by atoms with Gasteiger partial charge in [-0.15, -0.1) is 0 Å². The van der Waals surface area contributed by atoms with E-state index in [9.17, 15) is 14.7 Å². The van der Waals surface area contributed by atoms with Crippen LogP contribution in [0.4, 0.5) is 11.4 Å². The van der Waals surface area contributed by atoms with Gasteiger partial charge in [-0.3, -0.25) is 9.59 Å². The van der Waals surface area contributed by atoms with Crippen molar-refractivity contribution in [2.24, 2.45) is 11.8 Å². The molecule has 3 N–H and O–H groups in total. The van der Waals surface area contributed by atoms with E-state index in [0.29, 0.717) is 49.1 Å². The monoisotopic (exact) mass is 654 g/mol. The van der Waals surface area contributed by atoms with E-state index in [2.05, 4.69) is 52.8 Å². The highest BCUT2D eigenvalue weighted by Crippen LogP contribution is 2.36. The van der Waals surface area contributed by atoms with Crippen molar-refractivity contribution in [2.75, 3.05) is 36.5 Å². The van der Waals surface area contributed by atoms with Crippen LogP contribution in [-0.4, -0.2) is 43.5 Å². The van der Waals surface area contributed by atoms with Crippen LogP contribution in [0.3, 0.4) is 0 Å². The van der Waals surface area contributed by atoms with E-state index in [0.717, 1.165) is 62.6 Å². The SMILES string of the molecule is CCCCCCO[C@@H](c1ccccc1)[C@@H]1CCCN(c2c(N[C@@H](CC3CCCCC3)[C@H](O)CNCc3ccc(C#N)cc3)c(=O)c2=O)C1. The van der Waals surface area contributed by atoms with Gasteiger partial charge < -0.3 is 25.4 Å². The van der Waals surface area contributed by atoms with E-state index in [4.69, 9.17) is 10.00 Å². The van der Waals surface area contributed by atoms with Crippen molar-refractivity contribution in [2.45, 2.75) is 109 Å². The summed E-state index contributed by atoms with van der Waals surface area (Å²) in [5.41, 5.74) is 2.73. The van der Waals surface area contributed by atoms with Gasteiger partial charge in [-0.2, -0.15) is 5.26 Å². The lowest BCUT2D eigenvalue weighted by atomic mass is 9.83. The molecule has 0 aromatic heterocycles. The third kappa shape index (κ3) is 9.56. The van der Waals surface area contributed by atoms with Crippen LogP contribution in [0, 0.1) is 23.2 Å². The minimum atomic E-state index is -0.750. The van der Waals surface area contributed by atoms with Gasteiger partial charge in [0, 0.05) is 38.7 Å². The summed E-state index contributed by atoms with van der Waals surface area (Å²) in [6, 6.07) is 19.6. The van der Waals surface area contributed by atoms with Gasteiger partial charge in [0.25, 0.3) is 10.9 Å². The molecule has 1 saturated heterocycles. The first-order valence-electron chi connectivity index (χ1n) is 18.4. The van der Waals surface area contributed by atoms with Crippen molar-refractivity contribution in [3.05, 3.63) is 91.7 Å². The van der Waals surface area contributed by atoms with Crippen LogP contribution < -0.4 is 26.4 Å². The third-order valence-corrected chi connectivity index (χ3v) is 10.4. The molecular formula is C40H54N4O4. The number of hydrogen-bond acceptors (Lipinski definition) is 8. The maximum absolute atomic E-state index is 13.2. The number of aliphatic hydroxyl groups excluding tert-OH is 1. The Labute approximate surface area is 286 Å². The van der Waals surface area contributed by atoms with Gasteiger partial charge in [0.15, 0.2) is 0 Å². The smallest absolute Gasteiger partial charge is 0.253 e. The van der Waals surface area contributed by atoms with Gasteiger partial charge in [-0.05, 0) is 54.9 Å². The highest BCUT2D eigenvalue weighted by Gasteiger charge is 2.35. The van der Waals surface area contributed by atoms with Crippen LogP contribution in [0.5, 0.6) is 0 Å². The molecule has 1 saturated carbocycles. The zero-order chi connectivity index (χ0) is 33.7. The Morgan fingerprint density at radius 2 is 1.73 bits per heavy atom. The Morgan fingerprint density at radius 1 is 0.958 bits per heavy atom. The van der Waals surface area contributed by atoms with E-state index in [1.807, 2.05) is 18.2 Å². The molecule has 1 aliphatic carbocycles. The summed E-state index contributed by atoms with van der Waals surface area (Å²) in [6.07, 6.45) is 12.3. The third-order valence-electron chi connectivity index (χ3n) is 10.4. The Balaban J connectivity index is 1.28. The quantitative estimate of drug-likeness (QED) is 0.104. The highest BCUT2D eigenvalue weighted by molar-refractivity contribution is 5.75. The normalized spacial score (nSPS) is 19.1. The summed E-state index contributed by atoms with van der Waals surface area (Å²) in [6.45, 7) is 5.19. The van der Waals surface area contributed by atoms with Crippen LogP contribution >= 0.6 is 0 Å². The molecule has 8 nitrogen and oxygen atoms in total. The Kier molecular flexibility index (Phi) is 13.6. The maximum Gasteiger partial charge on any atom is 0.253 e. The number of nitrogens with zero attached hydrogens (tertiary/aromatic N) is 2.